The van der Waals surface area contributed by atoms with Gasteiger partial charge in [-0.1, -0.05) is 12.1 Å². The smallest absolute Gasteiger partial charge is 0.427 e. The molecule has 0 spiro atoms. The van der Waals surface area contributed by atoms with Crippen molar-refractivity contribution in [3.63, 3.8) is 0 Å². The second-order valence-corrected chi connectivity index (χ2v) is 9.10. The van der Waals surface area contributed by atoms with Crippen LogP contribution in [0.3, 0.4) is 0 Å². The summed E-state index contributed by atoms with van der Waals surface area (Å²) in [6.07, 6.45) is -5.03. The third-order valence-corrected chi connectivity index (χ3v) is 6.68. The number of aromatic hydroxyl groups is 1. The number of benzene rings is 1. The van der Waals surface area contributed by atoms with Crippen LogP contribution < -0.4 is 4.74 Å². The number of methoxy groups -OCH3 is 1. The molecule has 1 aromatic carbocycles. The molecule has 2 aliphatic rings. The van der Waals surface area contributed by atoms with Crippen molar-refractivity contribution in [2.75, 3.05) is 26.8 Å². The quantitative estimate of drug-likeness (QED) is 0.483. The first-order valence-corrected chi connectivity index (χ1v) is 11.7. The summed E-state index contributed by atoms with van der Waals surface area (Å²) in [5.41, 5.74) is 1.50. The van der Waals surface area contributed by atoms with Crippen molar-refractivity contribution in [3.05, 3.63) is 66.1 Å². The number of hydrogen-bond acceptors (Lipinski definition) is 7. The van der Waals surface area contributed by atoms with Crippen LogP contribution in [0, 0.1) is 11.8 Å². The molecule has 0 unspecified atom stereocenters. The Kier molecular flexibility index (Phi) is 6.67. The summed E-state index contributed by atoms with van der Waals surface area (Å²) in [5, 5.41) is 13.9. The van der Waals surface area contributed by atoms with E-state index in [9.17, 15) is 23.1 Å². The van der Waals surface area contributed by atoms with Gasteiger partial charge in [-0.15, -0.1) is 0 Å². The highest BCUT2D eigenvalue weighted by molar-refractivity contribution is 5.69. The molecule has 2 fully saturated rings. The average Bonchev–Trinajstić information content (AvgIpc) is 3.21. The summed E-state index contributed by atoms with van der Waals surface area (Å²) in [7, 11) is 1.52. The molecule has 5 rings (SSSR count). The van der Waals surface area contributed by atoms with Gasteiger partial charge in [0.25, 0.3) is 0 Å². The van der Waals surface area contributed by atoms with Gasteiger partial charge in [-0.3, -0.25) is 0 Å². The molecule has 1 saturated heterocycles. The fourth-order valence-corrected chi connectivity index (χ4v) is 4.67. The third-order valence-electron chi connectivity index (χ3n) is 6.68. The van der Waals surface area contributed by atoms with Crippen molar-refractivity contribution in [1.29, 1.82) is 0 Å². The van der Waals surface area contributed by atoms with Crippen LogP contribution in [0.25, 0.3) is 5.82 Å². The minimum atomic E-state index is -4.75. The number of likely N-dealkylation sites (tertiary alicyclic amines) is 1. The molecule has 0 radical (unpaired) electrons. The van der Waals surface area contributed by atoms with E-state index in [2.05, 4.69) is 10.1 Å². The first kappa shape index (κ1) is 24.9. The largest absolute Gasteiger partial charge is 0.506 e. The maximum absolute atomic E-state index is 13.5. The number of halogens is 3. The highest BCUT2D eigenvalue weighted by Crippen LogP contribution is 2.57. The zero-order valence-electron chi connectivity index (χ0n) is 19.8. The van der Waals surface area contributed by atoms with E-state index in [-0.39, 0.29) is 30.1 Å². The SMILES string of the molecule is COc1ccc(COC[C@@H](OC(=O)N2C[C@@H]3[C@H](C2)[C@H]3c2ccn(-c3ccc(O)cn3)n2)C(F)(F)F)cc1. The molecule has 12 heteroatoms. The molecule has 0 bridgehead atoms. The zero-order chi connectivity index (χ0) is 26.2. The Balaban J connectivity index is 1.12. The normalized spacial score (nSPS) is 21.4. The van der Waals surface area contributed by atoms with E-state index >= 15 is 0 Å². The van der Waals surface area contributed by atoms with Gasteiger partial charge >= 0.3 is 12.3 Å². The van der Waals surface area contributed by atoms with Crippen LogP contribution in [-0.2, 0) is 16.1 Å². The molecule has 1 amide bonds. The van der Waals surface area contributed by atoms with E-state index in [4.69, 9.17) is 14.2 Å². The summed E-state index contributed by atoms with van der Waals surface area (Å²) in [6.45, 7) is -0.255. The molecule has 196 valence electrons. The number of piperidine rings is 1. The van der Waals surface area contributed by atoms with E-state index < -0.39 is 25.0 Å². The molecular weight excluding hydrogens is 493 g/mol. The minimum absolute atomic E-state index is 0.0522. The van der Waals surface area contributed by atoms with Crippen molar-refractivity contribution in [2.45, 2.75) is 24.8 Å². The molecule has 3 heterocycles. The van der Waals surface area contributed by atoms with Crippen LogP contribution in [0.4, 0.5) is 18.0 Å². The number of nitrogens with zero attached hydrogens (tertiary/aromatic N) is 4. The predicted molar refractivity (Wildman–Crippen MR) is 123 cm³/mol. The number of rotatable bonds is 8. The Hall–Kier alpha value is -3.80. The second-order valence-electron chi connectivity index (χ2n) is 9.10. The Morgan fingerprint density at radius 2 is 1.86 bits per heavy atom. The van der Waals surface area contributed by atoms with Gasteiger partial charge in [0.2, 0.25) is 6.10 Å². The molecule has 4 atom stereocenters. The van der Waals surface area contributed by atoms with Gasteiger partial charge in [-0.25, -0.2) is 14.5 Å². The lowest BCUT2D eigenvalue weighted by molar-refractivity contribution is -0.219. The lowest BCUT2D eigenvalue weighted by Crippen LogP contribution is -2.42. The van der Waals surface area contributed by atoms with E-state index in [1.165, 1.54) is 24.3 Å². The Labute approximate surface area is 210 Å². The van der Waals surface area contributed by atoms with Crippen molar-refractivity contribution in [3.8, 4) is 17.3 Å². The zero-order valence-corrected chi connectivity index (χ0v) is 19.8. The Morgan fingerprint density at radius 3 is 2.49 bits per heavy atom. The summed E-state index contributed by atoms with van der Waals surface area (Å²) >= 11 is 0. The monoisotopic (exact) mass is 518 g/mol. The maximum atomic E-state index is 13.5. The number of fused-ring (bicyclic) bond motifs is 1. The van der Waals surface area contributed by atoms with Gasteiger partial charge in [-0.05, 0) is 47.7 Å². The second kappa shape index (κ2) is 9.92. The minimum Gasteiger partial charge on any atom is -0.506 e. The summed E-state index contributed by atoms with van der Waals surface area (Å²) < 4.78 is 57.2. The topological polar surface area (TPSA) is 98.9 Å². The number of aromatic nitrogens is 3. The number of carbonyl (C=O) groups excluding carboxylic acids is 1. The van der Waals surface area contributed by atoms with Crippen LogP contribution in [0.2, 0.25) is 0 Å². The van der Waals surface area contributed by atoms with Crippen LogP contribution in [0.5, 0.6) is 11.5 Å². The number of pyridine rings is 1. The van der Waals surface area contributed by atoms with Gasteiger partial charge in [0.05, 0.1) is 32.2 Å². The molecule has 1 saturated carbocycles. The predicted octanol–water partition coefficient (Wildman–Crippen LogP) is 3.91. The van der Waals surface area contributed by atoms with Crippen molar-refractivity contribution < 1.29 is 37.3 Å². The first-order chi connectivity index (χ1) is 17.7. The lowest BCUT2D eigenvalue weighted by atomic mass is 10.2. The highest BCUT2D eigenvalue weighted by atomic mass is 19.4. The molecule has 3 aromatic rings. The van der Waals surface area contributed by atoms with Gasteiger partial charge < -0.3 is 24.2 Å². The summed E-state index contributed by atoms with van der Waals surface area (Å²) in [4.78, 5) is 17.9. The first-order valence-electron chi connectivity index (χ1n) is 11.7. The molecule has 2 aromatic heterocycles. The van der Waals surface area contributed by atoms with Gasteiger partial charge in [0.15, 0.2) is 5.82 Å². The molecule has 1 aliphatic heterocycles. The van der Waals surface area contributed by atoms with E-state index in [0.29, 0.717) is 30.2 Å². The number of ether oxygens (including phenoxy) is 3. The van der Waals surface area contributed by atoms with Crippen LogP contribution in [-0.4, -0.2) is 70.0 Å². The molecular formula is C25H25F3N4O5. The summed E-state index contributed by atoms with van der Waals surface area (Å²) in [5.74, 6) is 1.57. The van der Waals surface area contributed by atoms with E-state index in [1.54, 1.807) is 41.2 Å². The fraction of sp³-hybridized carbons (Fsp3) is 0.400. The third kappa shape index (κ3) is 5.48. The molecule has 9 nitrogen and oxygen atoms in total. The average molecular weight is 518 g/mol. The molecule has 1 aliphatic carbocycles. The molecule has 1 N–H and O–H groups in total. The lowest BCUT2D eigenvalue weighted by Gasteiger charge is -2.25. The van der Waals surface area contributed by atoms with Gasteiger partial charge in [-0.2, -0.15) is 18.3 Å². The van der Waals surface area contributed by atoms with E-state index in [0.717, 1.165) is 5.69 Å². The Bertz CT molecular complexity index is 1220. The number of carbonyl (C=O) groups is 1. The summed E-state index contributed by atoms with van der Waals surface area (Å²) in [6, 6.07) is 11.7. The fourth-order valence-electron chi connectivity index (χ4n) is 4.67. The number of amides is 1. The van der Waals surface area contributed by atoms with Crippen molar-refractivity contribution in [2.24, 2.45) is 11.8 Å². The van der Waals surface area contributed by atoms with Crippen LogP contribution in [0.15, 0.2) is 54.9 Å². The highest BCUT2D eigenvalue weighted by Gasteiger charge is 2.59. The van der Waals surface area contributed by atoms with E-state index in [1.807, 2.05) is 6.07 Å². The van der Waals surface area contributed by atoms with Gasteiger partial charge in [0, 0.05) is 25.2 Å². The van der Waals surface area contributed by atoms with Gasteiger partial charge in [0.1, 0.15) is 11.5 Å². The standard InChI is InChI=1S/C25H25F3N4O5/c1-35-17-5-2-15(3-6-17)13-36-14-21(25(26,27)28)37-24(34)31-11-18-19(12-31)23(18)20-8-9-32(30-20)22-7-4-16(33)10-29-22/h2-10,18-19,21,23,33H,11-14H2,1H3/t18-,19+,21-,23+/m1/s1. The Morgan fingerprint density at radius 1 is 1.14 bits per heavy atom. The number of hydrogen-bond donors (Lipinski definition) is 1. The van der Waals surface area contributed by atoms with Crippen molar-refractivity contribution in [1.82, 2.24) is 19.7 Å². The number of alkyl halides is 3. The van der Waals surface area contributed by atoms with Crippen LogP contribution in [0.1, 0.15) is 17.2 Å². The van der Waals surface area contributed by atoms with Crippen molar-refractivity contribution >= 4 is 6.09 Å². The van der Waals surface area contributed by atoms with Crippen LogP contribution >= 0.6 is 0 Å². The molecule has 37 heavy (non-hydrogen) atoms. The maximum Gasteiger partial charge on any atom is 0.427 e.